The number of likely N-dealkylation sites (N-methyl/N-ethyl adjacent to an activating group) is 1. The van der Waals surface area contributed by atoms with Crippen molar-refractivity contribution in [1.82, 2.24) is 10.2 Å². The van der Waals surface area contributed by atoms with E-state index < -0.39 is 5.54 Å². The third-order valence-electron chi connectivity index (χ3n) is 3.77. The molecule has 1 fully saturated rings. The fourth-order valence-corrected chi connectivity index (χ4v) is 2.34. The molecule has 0 saturated carbocycles. The van der Waals surface area contributed by atoms with Crippen LogP contribution in [0, 0.1) is 0 Å². The number of likely N-dealkylation sites (tertiary alicyclic amines) is 1. The van der Waals surface area contributed by atoms with Crippen molar-refractivity contribution in [3.63, 3.8) is 0 Å². The maximum absolute atomic E-state index is 12.4. The van der Waals surface area contributed by atoms with Crippen LogP contribution < -0.4 is 5.32 Å². The Kier molecular flexibility index (Phi) is 4.78. The van der Waals surface area contributed by atoms with Crippen LogP contribution in [-0.4, -0.2) is 36.0 Å². The molecule has 0 aromatic carbocycles. The molecule has 94 valence electrons. The molecule has 0 aromatic heterocycles. The van der Waals surface area contributed by atoms with Gasteiger partial charge in [-0.2, -0.15) is 0 Å². The van der Waals surface area contributed by atoms with Gasteiger partial charge in [0.2, 0.25) is 5.91 Å². The van der Waals surface area contributed by atoms with Crippen LogP contribution in [0.3, 0.4) is 0 Å². The van der Waals surface area contributed by atoms with Gasteiger partial charge in [-0.1, -0.05) is 19.8 Å². The highest BCUT2D eigenvalue weighted by molar-refractivity contribution is 5.85. The maximum Gasteiger partial charge on any atom is 0.242 e. The van der Waals surface area contributed by atoms with E-state index in [0.717, 1.165) is 19.4 Å². The lowest BCUT2D eigenvalue weighted by molar-refractivity contribution is -0.139. The first-order chi connectivity index (χ1) is 7.53. The summed E-state index contributed by atoms with van der Waals surface area (Å²) in [6.45, 7) is 7.05. The third-order valence-corrected chi connectivity index (χ3v) is 3.77. The molecule has 1 heterocycles. The summed E-state index contributed by atoms with van der Waals surface area (Å²) in [7, 11) is 1.86. The van der Waals surface area contributed by atoms with Gasteiger partial charge >= 0.3 is 0 Å². The molecule has 0 radical (unpaired) electrons. The minimum Gasteiger partial charge on any atom is -0.338 e. The second-order valence-corrected chi connectivity index (χ2v) is 5.28. The molecule has 0 aliphatic carbocycles. The van der Waals surface area contributed by atoms with Crippen molar-refractivity contribution in [3.8, 4) is 0 Å². The van der Waals surface area contributed by atoms with Crippen LogP contribution in [0.15, 0.2) is 0 Å². The summed E-state index contributed by atoms with van der Waals surface area (Å²) < 4.78 is 0. The van der Waals surface area contributed by atoms with E-state index in [1.165, 1.54) is 19.3 Å². The minimum atomic E-state index is -0.433. The SMILES string of the molecule is CCC1CCCCCN1C(=O)C(C)(C)NC. The minimum absolute atomic E-state index is 0.253. The first-order valence-corrected chi connectivity index (χ1v) is 6.53. The Morgan fingerprint density at radius 1 is 1.38 bits per heavy atom. The van der Waals surface area contributed by atoms with Gasteiger partial charge in [-0.25, -0.2) is 0 Å². The van der Waals surface area contributed by atoms with E-state index in [2.05, 4.69) is 17.1 Å². The highest BCUT2D eigenvalue weighted by Crippen LogP contribution is 2.22. The second kappa shape index (κ2) is 5.67. The molecule has 0 spiro atoms. The Morgan fingerprint density at radius 2 is 2.06 bits per heavy atom. The smallest absolute Gasteiger partial charge is 0.242 e. The molecule has 0 bridgehead atoms. The van der Waals surface area contributed by atoms with Gasteiger partial charge in [-0.3, -0.25) is 4.79 Å². The molecule has 16 heavy (non-hydrogen) atoms. The summed E-state index contributed by atoms with van der Waals surface area (Å²) in [4.78, 5) is 14.5. The number of hydrogen-bond acceptors (Lipinski definition) is 2. The second-order valence-electron chi connectivity index (χ2n) is 5.28. The first-order valence-electron chi connectivity index (χ1n) is 6.53. The normalized spacial score (nSPS) is 23.0. The first kappa shape index (κ1) is 13.5. The van der Waals surface area contributed by atoms with Gasteiger partial charge in [-0.15, -0.1) is 0 Å². The summed E-state index contributed by atoms with van der Waals surface area (Å²) in [5, 5.41) is 3.11. The van der Waals surface area contributed by atoms with Gasteiger partial charge in [0.25, 0.3) is 0 Å². The Balaban J connectivity index is 2.77. The van der Waals surface area contributed by atoms with Crippen molar-refractivity contribution in [2.24, 2.45) is 0 Å². The molecule has 1 amide bonds. The number of hydrogen-bond donors (Lipinski definition) is 1. The number of carbonyl (C=O) groups excluding carboxylic acids is 1. The monoisotopic (exact) mass is 226 g/mol. The Labute approximate surface area is 99.6 Å². The van der Waals surface area contributed by atoms with E-state index in [4.69, 9.17) is 0 Å². The van der Waals surface area contributed by atoms with E-state index in [-0.39, 0.29) is 5.91 Å². The zero-order valence-electron chi connectivity index (χ0n) is 11.2. The molecule has 1 atom stereocenters. The molecule has 1 aliphatic rings. The largest absolute Gasteiger partial charge is 0.338 e. The van der Waals surface area contributed by atoms with Crippen LogP contribution in [-0.2, 0) is 4.79 Å². The molecule has 1 N–H and O–H groups in total. The molecular formula is C13H26N2O. The molecule has 3 nitrogen and oxygen atoms in total. The fraction of sp³-hybridized carbons (Fsp3) is 0.923. The van der Waals surface area contributed by atoms with Crippen molar-refractivity contribution in [2.45, 2.75) is 64.5 Å². The maximum atomic E-state index is 12.4. The van der Waals surface area contributed by atoms with Crippen molar-refractivity contribution < 1.29 is 4.79 Å². The zero-order chi connectivity index (χ0) is 12.2. The van der Waals surface area contributed by atoms with Crippen molar-refractivity contribution in [1.29, 1.82) is 0 Å². The summed E-state index contributed by atoms with van der Waals surface area (Å²) in [5.41, 5.74) is -0.433. The molecule has 1 aliphatic heterocycles. The third kappa shape index (κ3) is 2.97. The Morgan fingerprint density at radius 3 is 2.62 bits per heavy atom. The number of nitrogens with zero attached hydrogens (tertiary/aromatic N) is 1. The highest BCUT2D eigenvalue weighted by atomic mass is 16.2. The summed E-state index contributed by atoms with van der Waals surface area (Å²) >= 11 is 0. The van der Waals surface area contributed by atoms with Crippen LogP contribution >= 0.6 is 0 Å². The van der Waals surface area contributed by atoms with E-state index in [1.807, 2.05) is 20.9 Å². The molecular weight excluding hydrogens is 200 g/mol. The van der Waals surface area contributed by atoms with Gasteiger partial charge in [0.15, 0.2) is 0 Å². The predicted octanol–water partition coefficient (Wildman–Crippen LogP) is 2.17. The topological polar surface area (TPSA) is 32.3 Å². The predicted molar refractivity (Wildman–Crippen MR) is 67.4 cm³/mol. The lowest BCUT2D eigenvalue weighted by Crippen LogP contribution is -2.55. The van der Waals surface area contributed by atoms with E-state index >= 15 is 0 Å². The van der Waals surface area contributed by atoms with Crippen LogP contribution in [0.4, 0.5) is 0 Å². The van der Waals surface area contributed by atoms with Crippen LogP contribution in [0.5, 0.6) is 0 Å². The Bertz CT molecular complexity index is 238. The lowest BCUT2D eigenvalue weighted by Gasteiger charge is -2.36. The van der Waals surface area contributed by atoms with Crippen LogP contribution in [0.25, 0.3) is 0 Å². The zero-order valence-corrected chi connectivity index (χ0v) is 11.2. The molecule has 3 heteroatoms. The molecule has 1 unspecified atom stereocenters. The van der Waals surface area contributed by atoms with Crippen LogP contribution in [0.1, 0.15) is 52.9 Å². The van der Waals surface area contributed by atoms with Crippen molar-refractivity contribution >= 4 is 5.91 Å². The molecule has 1 rings (SSSR count). The lowest BCUT2D eigenvalue weighted by atomic mass is 10.0. The van der Waals surface area contributed by atoms with E-state index in [1.54, 1.807) is 0 Å². The Hall–Kier alpha value is -0.570. The quantitative estimate of drug-likeness (QED) is 0.800. The number of amides is 1. The van der Waals surface area contributed by atoms with Crippen molar-refractivity contribution in [3.05, 3.63) is 0 Å². The van der Waals surface area contributed by atoms with E-state index in [9.17, 15) is 4.79 Å². The molecule has 1 saturated heterocycles. The number of carbonyl (C=O) groups is 1. The van der Waals surface area contributed by atoms with Crippen molar-refractivity contribution in [2.75, 3.05) is 13.6 Å². The van der Waals surface area contributed by atoms with Gasteiger partial charge in [0, 0.05) is 12.6 Å². The summed E-state index contributed by atoms with van der Waals surface area (Å²) in [6.07, 6.45) is 5.93. The van der Waals surface area contributed by atoms with Gasteiger partial charge < -0.3 is 10.2 Å². The van der Waals surface area contributed by atoms with Crippen LogP contribution in [0.2, 0.25) is 0 Å². The highest BCUT2D eigenvalue weighted by Gasteiger charge is 2.33. The summed E-state index contributed by atoms with van der Waals surface area (Å²) in [5.74, 6) is 0.253. The number of rotatable bonds is 3. The fourth-order valence-electron chi connectivity index (χ4n) is 2.34. The standard InChI is InChI=1S/C13H26N2O/c1-5-11-9-7-6-8-10-15(11)12(16)13(2,3)14-4/h11,14H,5-10H2,1-4H3. The van der Waals surface area contributed by atoms with E-state index in [0.29, 0.717) is 6.04 Å². The van der Waals surface area contributed by atoms with Gasteiger partial charge in [0.1, 0.15) is 0 Å². The van der Waals surface area contributed by atoms with Gasteiger partial charge in [-0.05, 0) is 40.2 Å². The summed E-state index contributed by atoms with van der Waals surface area (Å²) in [6, 6.07) is 0.447. The average molecular weight is 226 g/mol. The average Bonchev–Trinajstić information content (AvgIpc) is 2.52. The number of nitrogens with one attached hydrogen (secondary N) is 1. The van der Waals surface area contributed by atoms with Gasteiger partial charge in [0.05, 0.1) is 5.54 Å². The molecule has 0 aromatic rings.